The number of rotatable bonds is 7. The van der Waals surface area contributed by atoms with Crippen molar-refractivity contribution in [3.8, 4) is 5.75 Å². The van der Waals surface area contributed by atoms with Gasteiger partial charge in [-0.1, -0.05) is 36.4 Å². The molecule has 0 aliphatic carbocycles. The Hall–Kier alpha value is -3.60. The summed E-state index contributed by atoms with van der Waals surface area (Å²) in [6, 6.07) is 16.7. The Balaban J connectivity index is 1.57. The van der Waals surface area contributed by atoms with Crippen molar-refractivity contribution < 1.29 is 35.9 Å². The van der Waals surface area contributed by atoms with E-state index in [1.807, 2.05) is 0 Å². The molecule has 1 saturated heterocycles. The fraction of sp³-hybridized carbons (Fsp3) is 0.308. The van der Waals surface area contributed by atoms with E-state index in [-0.39, 0.29) is 31.0 Å². The third-order valence-corrected chi connectivity index (χ3v) is 6.14. The second-order valence-electron chi connectivity index (χ2n) is 8.67. The van der Waals surface area contributed by atoms with Gasteiger partial charge in [-0.2, -0.15) is 13.2 Å². The monoisotopic (exact) mass is 523 g/mol. The highest BCUT2D eigenvalue weighted by atomic mass is 19.4. The van der Waals surface area contributed by atoms with Crippen molar-refractivity contribution in [3.63, 3.8) is 0 Å². The molecule has 0 unspecified atom stereocenters. The predicted molar refractivity (Wildman–Crippen MR) is 124 cm³/mol. The van der Waals surface area contributed by atoms with Gasteiger partial charge in [0.2, 0.25) is 5.91 Å². The summed E-state index contributed by atoms with van der Waals surface area (Å²) in [5.74, 6) is -0.657. The van der Waals surface area contributed by atoms with E-state index in [1.165, 1.54) is 35.2 Å². The third kappa shape index (κ3) is 6.40. The number of amides is 1. The van der Waals surface area contributed by atoms with Crippen molar-refractivity contribution >= 4 is 11.6 Å². The number of benzene rings is 2. The first-order valence-electron chi connectivity index (χ1n) is 11.4. The van der Waals surface area contributed by atoms with E-state index in [0.717, 1.165) is 6.07 Å². The average Bonchev–Trinajstić information content (AvgIpc) is 3.19. The van der Waals surface area contributed by atoms with E-state index in [1.54, 1.807) is 48.3 Å². The smallest absolute Gasteiger partial charge is 0.406 e. The summed E-state index contributed by atoms with van der Waals surface area (Å²) in [7, 11) is 1.69. The quantitative estimate of drug-likeness (QED) is 0.356. The lowest BCUT2D eigenvalue weighted by molar-refractivity contribution is -0.274. The van der Waals surface area contributed by atoms with Gasteiger partial charge in [-0.3, -0.25) is 9.69 Å². The zero-order chi connectivity index (χ0) is 26.8. The highest BCUT2D eigenvalue weighted by molar-refractivity contribution is 6.00. The van der Waals surface area contributed by atoms with Crippen LogP contribution in [0.5, 0.6) is 5.75 Å². The van der Waals surface area contributed by atoms with Crippen LogP contribution in [0.25, 0.3) is 0 Å². The molecule has 2 heterocycles. The second kappa shape index (κ2) is 10.4. The number of halogens is 6. The van der Waals surface area contributed by atoms with Crippen molar-refractivity contribution in [1.82, 2.24) is 9.88 Å². The summed E-state index contributed by atoms with van der Waals surface area (Å²) < 4.78 is 81.4. The van der Waals surface area contributed by atoms with E-state index in [4.69, 9.17) is 0 Å². The largest absolute Gasteiger partial charge is 0.573 e. The summed E-state index contributed by atoms with van der Waals surface area (Å²) in [5.41, 5.74) is 0.297. The molecule has 1 fully saturated rings. The molecule has 1 aliphatic heterocycles. The Morgan fingerprint density at radius 1 is 0.973 bits per heavy atom. The van der Waals surface area contributed by atoms with Crippen molar-refractivity contribution in [3.05, 3.63) is 89.7 Å². The molecule has 1 aromatic heterocycles. The van der Waals surface area contributed by atoms with Gasteiger partial charge in [-0.05, 0) is 55.4 Å². The molecule has 5 nitrogen and oxygen atoms in total. The van der Waals surface area contributed by atoms with Gasteiger partial charge in [0.05, 0.1) is 12.1 Å². The minimum atomic E-state index is -4.86. The molecule has 0 saturated carbocycles. The number of anilines is 1. The van der Waals surface area contributed by atoms with Gasteiger partial charge < -0.3 is 9.64 Å². The molecule has 1 aliphatic rings. The first kappa shape index (κ1) is 26.5. The lowest BCUT2D eigenvalue weighted by Crippen LogP contribution is -2.40. The van der Waals surface area contributed by atoms with E-state index in [0.29, 0.717) is 11.3 Å². The van der Waals surface area contributed by atoms with Crippen LogP contribution in [0.3, 0.4) is 0 Å². The van der Waals surface area contributed by atoms with Gasteiger partial charge in [0.25, 0.3) is 0 Å². The Kier molecular flexibility index (Phi) is 7.44. The molecule has 2 atom stereocenters. The Morgan fingerprint density at radius 3 is 2.35 bits per heavy atom. The fourth-order valence-electron chi connectivity index (χ4n) is 4.42. The molecule has 0 N–H and O–H groups in total. The van der Waals surface area contributed by atoms with Gasteiger partial charge in [0.1, 0.15) is 11.4 Å². The number of para-hydroxylation sites is 1. The minimum absolute atomic E-state index is 0.176. The lowest BCUT2D eigenvalue weighted by atomic mass is 10.0. The number of ether oxygens (including phenoxy) is 1. The highest BCUT2D eigenvalue weighted by Crippen LogP contribution is 2.40. The average molecular weight is 523 g/mol. The third-order valence-electron chi connectivity index (χ3n) is 6.14. The SMILES string of the molecule is CN(CCc1cccc(C(F)(F)F)n1)[C@@H]1C[C@H](c2cccc(OC(F)(F)F)c2)N(c2ccccc2)C1=O. The summed E-state index contributed by atoms with van der Waals surface area (Å²) in [4.78, 5) is 20.5. The topological polar surface area (TPSA) is 45.7 Å². The summed E-state index contributed by atoms with van der Waals surface area (Å²) in [6.45, 7) is 0.247. The Bertz CT molecular complexity index is 1230. The van der Waals surface area contributed by atoms with Crippen LogP contribution in [-0.2, 0) is 17.4 Å². The molecular weight excluding hydrogens is 500 g/mol. The number of alkyl halides is 6. The summed E-state index contributed by atoms with van der Waals surface area (Å²) >= 11 is 0. The van der Waals surface area contributed by atoms with Crippen LogP contribution in [0.1, 0.15) is 29.4 Å². The zero-order valence-electron chi connectivity index (χ0n) is 19.6. The van der Waals surface area contributed by atoms with Crippen LogP contribution >= 0.6 is 0 Å². The predicted octanol–water partition coefficient (Wildman–Crippen LogP) is 6.02. The number of pyridine rings is 1. The van der Waals surface area contributed by atoms with Crippen LogP contribution in [0, 0.1) is 0 Å². The number of likely N-dealkylation sites (N-methyl/N-ethyl adjacent to an activating group) is 1. The standard InChI is InChI=1S/C26H23F6N3O2/c1-34(14-13-18-8-6-12-23(33-18)25(27,28)29)22-16-21(35(24(22)36)19-9-3-2-4-10-19)17-7-5-11-20(15-17)37-26(30,31)32/h2-12,15,21-22H,13-14,16H2,1H3/t21-,22-/m1/s1. The van der Waals surface area contributed by atoms with Gasteiger partial charge in [0, 0.05) is 24.3 Å². The van der Waals surface area contributed by atoms with Gasteiger partial charge in [-0.25, -0.2) is 4.98 Å². The maximum Gasteiger partial charge on any atom is 0.573 e. The number of hydrogen-bond acceptors (Lipinski definition) is 4. The number of nitrogens with zero attached hydrogens (tertiary/aromatic N) is 3. The first-order valence-corrected chi connectivity index (χ1v) is 11.4. The Labute approximate surface area is 209 Å². The Morgan fingerprint density at radius 2 is 1.68 bits per heavy atom. The van der Waals surface area contributed by atoms with Gasteiger partial charge >= 0.3 is 12.5 Å². The van der Waals surface area contributed by atoms with Crippen LogP contribution in [0.4, 0.5) is 32.0 Å². The minimum Gasteiger partial charge on any atom is -0.406 e. The lowest BCUT2D eigenvalue weighted by Gasteiger charge is -2.26. The van der Waals surface area contributed by atoms with Gasteiger partial charge in [-0.15, -0.1) is 13.2 Å². The van der Waals surface area contributed by atoms with Crippen LogP contribution in [-0.4, -0.2) is 41.8 Å². The molecule has 37 heavy (non-hydrogen) atoms. The maximum atomic E-state index is 13.6. The molecule has 2 aromatic carbocycles. The van der Waals surface area contributed by atoms with E-state index < -0.39 is 36.1 Å². The van der Waals surface area contributed by atoms with Crippen molar-refractivity contribution in [2.45, 2.75) is 37.5 Å². The van der Waals surface area contributed by atoms with Crippen LogP contribution in [0.2, 0.25) is 0 Å². The van der Waals surface area contributed by atoms with Crippen molar-refractivity contribution in [1.29, 1.82) is 0 Å². The number of carbonyl (C=O) groups excluding carboxylic acids is 1. The maximum absolute atomic E-state index is 13.6. The normalized spacial score (nSPS) is 18.5. The number of carbonyl (C=O) groups is 1. The molecule has 0 bridgehead atoms. The summed E-state index contributed by atoms with van der Waals surface area (Å²) in [6.07, 6.45) is -8.98. The van der Waals surface area contributed by atoms with E-state index in [9.17, 15) is 31.1 Å². The number of hydrogen-bond donors (Lipinski definition) is 0. The molecule has 3 aromatic rings. The second-order valence-corrected chi connectivity index (χ2v) is 8.67. The van der Waals surface area contributed by atoms with Crippen LogP contribution in [0.15, 0.2) is 72.8 Å². The molecule has 1 amide bonds. The fourth-order valence-corrected chi connectivity index (χ4v) is 4.42. The molecule has 11 heteroatoms. The zero-order valence-corrected chi connectivity index (χ0v) is 19.6. The highest BCUT2D eigenvalue weighted by Gasteiger charge is 2.43. The molecule has 4 rings (SSSR count). The molecule has 0 radical (unpaired) electrons. The first-order chi connectivity index (χ1) is 17.4. The number of aromatic nitrogens is 1. The van der Waals surface area contributed by atoms with Crippen LogP contribution < -0.4 is 9.64 Å². The molecular formula is C26H23F6N3O2. The molecule has 0 spiro atoms. The van der Waals surface area contributed by atoms with E-state index in [2.05, 4.69) is 9.72 Å². The van der Waals surface area contributed by atoms with Crippen molar-refractivity contribution in [2.24, 2.45) is 0 Å². The van der Waals surface area contributed by atoms with Crippen molar-refractivity contribution in [2.75, 3.05) is 18.5 Å². The van der Waals surface area contributed by atoms with Gasteiger partial charge in [0.15, 0.2) is 0 Å². The van der Waals surface area contributed by atoms with E-state index >= 15 is 0 Å². The summed E-state index contributed by atoms with van der Waals surface area (Å²) in [5, 5.41) is 0. The molecule has 196 valence electrons.